The number of methoxy groups -OCH3 is 1. The summed E-state index contributed by atoms with van der Waals surface area (Å²) in [5.41, 5.74) is -0.245. The number of nitrogens with zero attached hydrogens (tertiary/aromatic N) is 1. The summed E-state index contributed by atoms with van der Waals surface area (Å²) in [5.74, 6) is -0.164. The molecule has 0 radical (unpaired) electrons. The van der Waals surface area contributed by atoms with Gasteiger partial charge in [0.05, 0.1) is 0 Å². The molecule has 2 heterocycles. The third-order valence-corrected chi connectivity index (χ3v) is 7.50. The summed E-state index contributed by atoms with van der Waals surface area (Å²) in [4.78, 5) is 27.2. The molecule has 0 bridgehead atoms. The van der Waals surface area contributed by atoms with Crippen molar-refractivity contribution in [2.24, 2.45) is 0 Å². The predicted octanol–water partition coefficient (Wildman–Crippen LogP) is 1.91. The summed E-state index contributed by atoms with van der Waals surface area (Å²) >= 11 is -0.0208. The van der Waals surface area contributed by atoms with Crippen LogP contribution in [0.2, 0.25) is 4.82 Å². The van der Waals surface area contributed by atoms with E-state index in [9.17, 15) is 9.59 Å². The molecule has 0 N–H and O–H groups in total. The van der Waals surface area contributed by atoms with Gasteiger partial charge < -0.3 is 0 Å². The Morgan fingerprint density at radius 1 is 1.22 bits per heavy atom. The van der Waals surface area contributed by atoms with Crippen molar-refractivity contribution in [3.05, 3.63) is 42.2 Å². The van der Waals surface area contributed by atoms with E-state index in [1.807, 2.05) is 18.2 Å². The van der Waals surface area contributed by atoms with Crippen LogP contribution in [0.4, 0.5) is 4.79 Å². The molecule has 1 aromatic rings. The summed E-state index contributed by atoms with van der Waals surface area (Å²) in [6, 6.07) is 9.50. The number of carbonyl (C=O) groups is 2. The van der Waals surface area contributed by atoms with Crippen LogP contribution in [0.25, 0.3) is 0 Å². The van der Waals surface area contributed by atoms with Crippen LogP contribution < -0.4 is 4.46 Å². The Hall–Kier alpha value is -1.90. The first-order valence-corrected chi connectivity index (χ1v) is 12.4. The van der Waals surface area contributed by atoms with E-state index in [0.717, 1.165) is 0 Å². The molecule has 9 heteroatoms. The van der Waals surface area contributed by atoms with Crippen LogP contribution in [0.15, 0.2) is 42.2 Å². The van der Waals surface area contributed by atoms with Gasteiger partial charge in [0.1, 0.15) is 0 Å². The Labute approximate surface area is 195 Å². The molecule has 1 unspecified atom stereocenters. The van der Waals surface area contributed by atoms with Crippen molar-refractivity contribution in [3.8, 4) is 0 Å². The van der Waals surface area contributed by atoms with E-state index in [4.69, 9.17) is 23.7 Å². The van der Waals surface area contributed by atoms with Gasteiger partial charge in [0.15, 0.2) is 0 Å². The van der Waals surface area contributed by atoms with Crippen molar-refractivity contribution in [1.82, 2.24) is 4.90 Å². The number of hydrogen-bond acceptors (Lipinski definition) is 7. The van der Waals surface area contributed by atoms with Gasteiger partial charge in [0.2, 0.25) is 0 Å². The topological polar surface area (TPSA) is 83.5 Å². The number of hydrogen-bond donors (Lipinski definition) is 0. The van der Waals surface area contributed by atoms with Crippen LogP contribution >= 0.6 is 0 Å². The minimum atomic E-state index is -0.680. The van der Waals surface area contributed by atoms with Gasteiger partial charge in [-0.25, -0.2) is 0 Å². The second kappa shape index (κ2) is 11.3. The first-order valence-electron chi connectivity index (χ1n) is 10.5. The van der Waals surface area contributed by atoms with Crippen LogP contribution in [-0.2, 0) is 28.5 Å². The van der Waals surface area contributed by atoms with Gasteiger partial charge >= 0.3 is 195 Å². The van der Waals surface area contributed by atoms with E-state index in [-0.39, 0.29) is 38.9 Å². The number of Topliss-reactive ketones (excluding diaryl/α,β-unsaturated/α-hetero) is 1. The zero-order valence-corrected chi connectivity index (χ0v) is 20.7. The second-order valence-electron chi connectivity index (χ2n) is 8.50. The van der Waals surface area contributed by atoms with Gasteiger partial charge in [0.25, 0.3) is 0 Å². The normalized spacial score (nSPS) is 23.2. The van der Waals surface area contributed by atoms with Crippen LogP contribution in [0, 0.1) is 0 Å². The van der Waals surface area contributed by atoms with Crippen molar-refractivity contribution in [1.29, 1.82) is 0 Å². The number of fused-ring (bicyclic) bond motifs is 1. The molecular formula is C23H31NO7Se. The van der Waals surface area contributed by atoms with Gasteiger partial charge in [-0.1, -0.05) is 0 Å². The number of benzene rings is 1. The molecule has 0 saturated carbocycles. The van der Waals surface area contributed by atoms with Crippen LogP contribution in [0.5, 0.6) is 0 Å². The molecular weight excluding hydrogens is 481 g/mol. The number of carbonyl (C=O) groups excluding carboxylic acids is 2. The maximum atomic E-state index is 13.0. The molecule has 1 saturated heterocycles. The van der Waals surface area contributed by atoms with E-state index in [2.05, 4.69) is 12.1 Å². The summed E-state index contributed by atoms with van der Waals surface area (Å²) in [5, 5.41) is 0. The fraction of sp³-hybridized carbons (Fsp3) is 0.565. The van der Waals surface area contributed by atoms with Crippen molar-refractivity contribution in [2.75, 3.05) is 40.3 Å². The molecule has 1 fully saturated rings. The average Bonchev–Trinajstić information content (AvgIpc) is 2.95. The van der Waals surface area contributed by atoms with Crippen LogP contribution in [0.1, 0.15) is 20.8 Å². The van der Waals surface area contributed by atoms with Crippen LogP contribution in [-0.4, -0.2) is 89.7 Å². The van der Waals surface area contributed by atoms with E-state index < -0.39 is 23.8 Å². The fourth-order valence-corrected chi connectivity index (χ4v) is 5.96. The standard InChI is InChI=1S/C23H31NO7Se/c1-23(2,3)31-22(26)24-12-18(25)17-13-29-14-19(32-16-8-6-5-7-9-16)21(20(17)24)30-15-28-11-10-27-4/h5-9,13,19-21H,10-12,14-15H2,1-4H3/t19?,20-,21-/m0/s1. The zero-order chi connectivity index (χ0) is 23.1. The molecule has 0 spiro atoms. The first kappa shape index (κ1) is 24.7. The van der Waals surface area contributed by atoms with E-state index >= 15 is 0 Å². The molecule has 176 valence electrons. The average molecular weight is 512 g/mol. The molecule has 1 aromatic carbocycles. The molecule has 1 amide bonds. The minimum absolute atomic E-state index is 0.0208. The molecule has 2 aliphatic rings. The summed E-state index contributed by atoms with van der Waals surface area (Å²) in [6.07, 6.45) is 0.465. The number of ketones is 1. The third kappa shape index (κ3) is 6.56. The monoisotopic (exact) mass is 513 g/mol. The van der Waals surface area contributed by atoms with E-state index in [1.165, 1.54) is 15.6 Å². The molecule has 3 atom stereocenters. The summed E-state index contributed by atoms with van der Waals surface area (Å²) in [6.45, 7) is 6.58. The number of likely N-dealkylation sites (tertiary alicyclic amines) is 1. The molecule has 0 aliphatic carbocycles. The van der Waals surface area contributed by atoms with Crippen molar-refractivity contribution in [3.63, 3.8) is 0 Å². The first-order chi connectivity index (χ1) is 15.3. The molecule has 3 rings (SSSR count). The van der Waals surface area contributed by atoms with Crippen molar-refractivity contribution >= 4 is 31.3 Å². The number of ether oxygens (including phenoxy) is 5. The SMILES string of the molecule is COCCOCO[C@H]1C([Se]c2ccccc2)COC=C2C(=O)CN(C(=O)OC(C)(C)C)[C@@H]21. The van der Waals surface area contributed by atoms with Gasteiger partial charge in [-0.05, 0) is 0 Å². The Morgan fingerprint density at radius 3 is 2.66 bits per heavy atom. The van der Waals surface area contributed by atoms with Gasteiger partial charge in [-0.3, -0.25) is 0 Å². The maximum absolute atomic E-state index is 13.0. The molecule has 2 aliphatic heterocycles. The van der Waals surface area contributed by atoms with E-state index in [0.29, 0.717) is 25.4 Å². The molecule has 8 nitrogen and oxygen atoms in total. The molecule has 32 heavy (non-hydrogen) atoms. The quantitative estimate of drug-likeness (QED) is 0.299. The predicted molar refractivity (Wildman–Crippen MR) is 119 cm³/mol. The van der Waals surface area contributed by atoms with Gasteiger partial charge in [-0.2, -0.15) is 0 Å². The third-order valence-electron chi connectivity index (χ3n) is 4.87. The fourth-order valence-electron chi connectivity index (χ4n) is 3.50. The Kier molecular flexibility index (Phi) is 8.73. The van der Waals surface area contributed by atoms with Gasteiger partial charge in [0, 0.05) is 0 Å². The van der Waals surface area contributed by atoms with Crippen LogP contribution in [0.3, 0.4) is 0 Å². The number of rotatable bonds is 8. The second-order valence-corrected chi connectivity index (χ2v) is 11.3. The summed E-state index contributed by atoms with van der Waals surface area (Å²) in [7, 11) is 1.60. The van der Waals surface area contributed by atoms with Gasteiger partial charge in [-0.15, -0.1) is 0 Å². The van der Waals surface area contributed by atoms with E-state index in [1.54, 1.807) is 27.9 Å². The molecule has 0 aromatic heterocycles. The summed E-state index contributed by atoms with van der Waals surface area (Å²) < 4.78 is 29.3. The van der Waals surface area contributed by atoms with Crippen molar-refractivity contribution < 1.29 is 33.3 Å². The number of amides is 1. The Bertz CT molecular complexity index is 808. The Morgan fingerprint density at radius 2 is 1.97 bits per heavy atom. The van der Waals surface area contributed by atoms with Crippen molar-refractivity contribution in [2.45, 2.75) is 43.3 Å². The zero-order valence-electron chi connectivity index (χ0n) is 18.9. The Balaban J connectivity index is 1.86.